The molecule has 0 saturated heterocycles. The first-order valence-corrected chi connectivity index (χ1v) is 6.00. The van der Waals surface area contributed by atoms with E-state index in [0.717, 1.165) is 5.56 Å². The molecule has 2 aromatic rings. The minimum atomic E-state index is -0.321. The monoisotopic (exact) mass is 244 g/mol. The number of carbonyl (C=O) groups is 1. The molecule has 0 aliphatic rings. The molecule has 2 aromatic carbocycles. The van der Waals surface area contributed by atoms with Crippen LogP contribution >= 0.6 is 0 Å². The van der Waals surface area contributed by atoms with Crippen molar-refractivity contribution in [3.05, 3.63) is 48.0 Å². The maximum Gasteiger partial charge on any atom is 0.332 e. The van der Waals surface area contributed by atoms with Crippen LogP contribution in [-0.2, 0) is 20.9 Å². The number of ether oxygens (including phenoxy) is 2. The topological polar surface area (TPSA) is 35.5 Å². The molecule has 0 fully saturated rings. The molecule has 0 amide bonds. The summed E-state index contributed by atoms with van der Waals surface area (Å²) in [6.07, 6.45) is 0. The number of rotatable bonds is 5. The van der Waals surface area contributed by atoms with Crippen molar-refractivity contribution in [3.63, 3.8) is 0 Å². The number of hydrogen-bond acceptors (Lipinski definition) is 3. The van der Waals surface area contributed by atoms with E-state index in [0.29, 0.717) is 13.2 Å². The fourth-order valence-corrected chi connectivity index (χ4v) is 1.78. The molecule has 0 heterocycles. The maximum absolute atomic E-state index is 11.1. The molecule has 0 aliphatic carbocycles. The van der Waals surface area contributed by atoms with Gasteiger partial charge in [0, 0.05) is 0 Å². The summed E-state index contributed by atoms with van der Waals surface area (Å²) in [7, 11) is 0. The molecular weight excluding hydrogens is 228 g/mol. The van der Waals surface area contributed by atoms with Crippen LogP contribution in [0.1, 0.15) is 12.5 Å². The zero-order valence-corrected chi connectivity index (χ0v) is 10.4. The van der Waals surface area contributed by atoms with E-state index >= 15 is 0 Å². The van der Waals surface area contributed by atoms with Gasteiger partial charge in [-0.3, -0.25) is 0 Å². The van der Waals surface area contributed by atoms with E-state index in [1.165, 1.54) is 10.8 Å². The van der Waals surface area contributed by atoms with E-state index in [4.69, 9.17) is 9.47 Å². The normalized spacial score (nSPS) is 10.5. The molecule has 0 unspecified atom stereocenters. The Morgan fingerprint density at radius 2 is 1.89 bits per heavy atom. The van der Waals surface area contributed by atoms with E-state index in [9.17, 15) is 4.79 Å². The van der Waals surface area contributed by atoms with Gasteiger partial charge < -0.3 is 9.47 Å². The first-order chi connectivity index (χ1) is 8.79. The highest BCUT2D eigenvalue weighted by molar-refractivity contribution is 5.82. The molecule has 0 N–H and O–H groups in total. The number of carbonyl (C=O) groups excluding carboxylic acids is 1. The van der Waals surface area contributed by atoms with Crippen LogP contribution in [0.15, 0.2) is 42.5 Å². The lowest BCUT2D eigenvalue weighted by atomic mass is 10.1. The summed E-state index contributed by atoms with van der Waals surface area (Å²) in [5, 5.41) is 2.38. The van der Waals surface area contributed by atoms with Crippen LogP contribution in [0.2, 0.25) is 0 Å². The summed E-state index contributed by atoms with van der Waals surface area (Å²) in [6, 6.07) is 14.3. The Bertz CT molecular complexity index is 534. The van der Waals surface area contributed by atoms with Gasteiger partial charge in [0.1, 0.15) is 6.61 Å². The summed E-state index contributed by atoms with van der Waals surface area (Å²) in [6.45, 7) is 2.59. The average Bonchev–Trinajstić information content (AvgIpc) is 2.39. The predicted octanol–water partition coefficient (Wildman–Crippen LogP) is 2.92. The highest BCUT2D eigenvalue weighted by Gasteiger charge is 2.02. The molecule has 18 heavy (non-hydrogen) atoms. The molecule has 3 heteroatoms. The van der Waals surface area contributed by atoms with E-state index in [2.05, 4.69) is 24.3 Å². The van der Waals surface area contributed by atoms with Gasteiger partial charge in [0.15, 0.2) is 0 Å². The lowest BCUT2D eigenvalue weighted by Gasteiger charge is -2.05. The van der Waals surface area contributed by atoms with Gasteiger partial charge in [0.05, 0.1) is 13.2 Å². The van der Waals surface area contributed by atoms with Gasteiger partial charge in [0.2, 0.25) is 0 Å². The molecule has 0 aliphatic heterocycles. The smallest absolute Gasteiger partial charge is 0.332 e. The van der Waals surface area contributed by atoms with Gasteiger partial charge in [0.25, 0.3) is 0 Å². The third kappa shape index (κ3) is 3.31. The van der Waals surface area contributed by atoms with Crippen molar-refractivity contribution in [2.45, 2.75) is 13.5 Å². The summed E-state index contributed by atoms with van der Waals surface area (Å²) in [5.41, 5.74) is 1.05. The molecule has 0 aromatic heterocycles. The SMILES string of the molecule is CCOC(=O)COCc1ccc2ccccc2c1. The Hall–Kier alpha value is -1.87. The van der Waals surface area contributed by atoms with Crippen LogP contribution in [0.25, 0.3) is 10.8 Å². The van der Waals surface area contributed by atoms with Crippen molar-refractivity contribution in [1.82, 2.24) is 0 Å². The molecule has 0 spiro atoms. The van der Waals surface area contributed by atoms with Crippen LogP contribution in [0.3, 0.4) is 0 Å². The first kappa shape index (κ1) is 12.6. The van der Waals surface area contributed by atoms with Gasteiger partial charge in [-0.2, -0.15) is 0 Å². The van der Waals surface area contributed by atoms with Crippen LogP contribution in [0.5, 0.6) is 0 Å². The second-order valence-corrected chi connectivity index (χ2v) is 3.98. The Morgan fingerprint density at radius 1 is 1.11 bits per heavy atom. The van der Waals surface area contributed by atoms with E-state index in [1.54, 1.807) is 6.92 Å². The molecular formula is C15H16O3. The molecule has 0 saturated carbocycles. The number of hydrogen-bond donors (Lipinski definition) is 0. The zero-order chi connectivity index (χ0) is 12.8. The molecule has 0 bridgehead atoms. The fourth-order valence-electron chi connectivity index (χ4n) is 1.78. The number of benzene rings is 2. The lowest BCUT2D eigenvalue weighted by molar-refractivity contribution is -0.148. The van der Waals surface area contributed by atoms with Crippen LogP contribution < -0.4 is 0 Å². The summed E-state index contributed by atoms with van der Waals surface area (Å²) in [4.78, 5) is 11.1. The minimum absolute atomic E-state index is 0.000662. The molecule has 0 radical (unpaired) electrons. The van der Waals surface area contributed by atoms with E-state index < -0.39 is 0 Å². The average molecular weight is 244 g/mol. The third-order valence-electron chi connectivity index (χ3n) is 2.61. The van der Waals surface area contributed by atoms with Crippen LogP contribution in [0.4, 0.5) is 0 Å². The van der Waals surface area contributed by atoms with Crippen molar-refractivity contribution in [2.75, 3.05) is 13.2 Å². The van der Waals surface area contributed by atoms with Crippen molar-refractivity contribution >= 4 is 16.7 Å². The summed E-state index contributed by atoms with van der Waals surface area (Å²) >= 11 is 0. The third-order valence-corrected chi connectivity index (χ3v) is 2.61. The summed E-state index contributed by atoms with van der Waals surface area (Å²) in [5.74, 6) is -0.321. The van der Waals surface area contributed by atoms with Crippen molar-refractivity contribution in [2.24, 2.45) is 0 Å². The lowest BCUT2D eigenvalue weighted by Crippen LogP contribution is -2.12. The second-order valence-electron chi connectivity index (χ2n) is 3.98. The summed E-state index contributed by atoms with van der Waals surface area (Å²) < 4.78 is 10.1. The van der Waals surface area contributed by atoms with Crippen LogP contribution in [-0.4, -0.2) is 19.2 Å². The minimum Gasteiger partial charge on any atom is -0.464 e. The molecule has 2 rings (SSSR count). The van der Waals surface area contributed by atoms with Gasteiger partial charge in [-0.15, -0.1) is 0 Å². The number of esters is 1. The largest absolute Gasteiger partial charge is 0.464 e. The Kier molecular flexibility index (Phi) is 4.31. The van der Waals surface area contributed by atoms with Gasteiger partial charge in [-0.25, -0.2) is 4.79 Å². The van der Waals surface area contributed by atoms with Gasteiger partial charge >= 0.3 is 5.97 Å². The standard InChI is InChI=1S/C15H16O3/c1-2-18-15(16)11-17-10-12-7-8-13-5-3-4-6-14(13)9-12/h3-9H,2,10-11H2,1H3. The zero-order valence-electron chi connectivity index (χ0n) is 10.4. The van der Waals surface area contributed by atoms with Crippen molar-refractivity contribution in [1.29, 1.82) is 0 Å². The molecule has 0 atom stereocenters. The molecule has 3 nitrogen and oxygen atoms in total. The fraction of sp³-hybridized carbons (Fsp3) is 0.267. The first-order valence-electron chi connectivity index (χ1n) is 6.00. The van der Waals surface area contributed by atoms with E-state index in [1.807, 2.05) is 18.2 Å². The molecule has 94 valence electrons. The Balaban J connectivity index is 1.93. The van der Waals surface area contributed by atoms with Gasteiger partial charge in [-0.05, 0) is 29.3 Å². The Morgan fingerprint density at radius 3 is 2.67 bits per heavy atom. The number of fused-ring (bicyclic) bond motifs is 1. The highest BCUT2D eigenvalue weighted by atomic mass is 16.6. The Labute approximate surface area is 106 Å². The predicted molar refractivity (Wildman–Crippen MR) is 70.2 cm³/mol. The second kappa shape index (κ2) is 6.17. The van der Waals surface area contributed by atoms with Crippen molar-refractivity contribution in [3.8, 4) is 0 Å². The quantitative estimate of drug-likeness (QED) is 0.759. The maximum atomic E-state index is 11.1. The van der Waals surface area contributed by atoms with Crippen molar-refractivity contribution < 1.29 is 14.3 Å². The van der Waals surface area contributed by atoms with Gasteiger partial charge in [-0.1, -0.05) is 36.4 Å². The highest BCUT2D eigenvalue weighted by Crippen LogP contribution is 2.16. The van der Waals surface area contributed by atoms with Crippen LogP contribution in [0, 0.1) is 0 Å². The van der Waals surface area contributed by atoms with E-state index in [-0.39, 0.29) is 12.6 Å².